The Morgan fingerprint density at radius 1 is 1.33 bits per heavy atom. The van der Waals surface area contributed by atoms with Crippen molar-refractivity contribution in [3.8, 4) is 0 Å². The summed E-state index contributed by atoms with van der Waals surface area (Å²) in [6.07, 6.45) is 0. The first-order valence-corrected chi connectivity index (χ1v) is 4.50. The van der Waals surface area contributed by atoms with Crippen LogP contribution >= 0.6 is 11.9 Å². The molecule has 0 aliphatic heterocycles. The predicted molar refractivity (Wildman–Crippen MR) is 51.8 cm³/mol. The number of nitrogen functional groups attached to an aromatic ring is 1. The van der Waals surface area contributed by atoms with Crippen LogP contribution in [0.1, 0.15) is 0 Å². The fourth-order valence-electron chi connectivity index (χ4n) is 0.716. The maximum Gasteiger partial charge on any atom is 0.0565 e. The molecule has 0 aliphatic rings. The third kappa shape index (κ3) is 3.13. The third-order valence-electron chi connectivity index (χ3n) is 1.28. The van der Waals surface area contributed by atoms with Crippen molar-refractivity contribution in [2.75, 3.05) is 18.9 Å². The van der Waals surface area contributed by atoms with Gasteiger partial charge in [-0.2, -0.15) is 0 Å². The number of nitrogens with one attached hydrogen (secondary N) is 1. The molecule has 1 aromatic rings. The fraction of sp³-hybridized carbons (Fsp3) is 0.250. The molecule has 12 heavy (non-hydrogen) atoms. The lowest BCUT2D eigenvalue weighted by molar-refractivity contribution is 0.302. The highest BCUT2D eigenvalue weighted by atomic mass is 32.2. The van der Waals surface area contributed by atoms with Crippen molar-refractivity contribution >= 4 is 17.6 Å². The molecule has 66 valence electrons. The van der Waals surface area contributed by atoms with Gasteiger partial charge in [0, 0.05) is 17.1 Å². The summed E-state index contributed by atoms with van der Waals surface area (Å²) in [6, 6.07) is 7.57. The lowest BCUT2D eigenvalue weighted by Crippen LogP contribution is -2.08. The molecule has 0 amide bonds. The first-order chi connectivity index (χ1) is 5.83. The van der Waals surface area contributed by atoms with Gasteiger partial charge in [-0.1, -0.05) is 0 Å². The Bertz CT molecular complexity index is 225. The number of benzene rings is 1. The van der Waals surface area contributed by atoms with Crippen LogP contribution in [0.5, 0.6) is 0 Å². The van der Waals surface area contributed by atoms with Crippen molar-refractivity contribution in [3.63, 3.8) is 0 Å². The molecule has 0 aliphatic carbocycles. The van der Waals surface area contributed by atoms with Gasteiger partial charge in [0.1, 0.15) is 0 Å². The van der Waals surface area contributed by atoms with Gasteiger partial charge in [-0.25, -0.2) is 0 Å². The van der Waals surface area contributed by atoms with E-state index in [-0.39, 0.29) is 6.61 Å². The molecule has 0 spiro atoms. The second-order valence-corrected chi connectivity index (χ2v) is 3.25. The van der Waals surface area contributed by atoms with Gasteiger partial charge in [0.15, 0.2) is 0 Å². The summed E-state index contributed by atoms with van der Waals surface area (Å²) in [6.45, 7) is 0.747. The first kappa shape index (κ1) is 9.38. The van der Waals surface area contributed by atoms with Gasteiger partial charge in [-0.05, 0) is 36.2 Å². The van der Waals surface area contributed by atoms with E-state index in [2.05, 4.69) is 4.72 Å². The van der Waals surface area contributed by atoms with Gasteiger partial charge in [0.25, 0.3) is 0 Å². The highest BCUT2D eigenvalue weighted by Crippen LogP contribution is 2.15. The van der Waals surface area contributed by atoms with Crippen molar-refractivity contribution in [1.82, 2.24) is 4.72 Å². The van der Waals surface area contributed by atoms with E-state index in [9.17, 15) is 0 Å². The zero-order valence-corrected chi connectivity index (χ0v) is 7.47. The molecular formula is C8H12N2OS. The molecule has 1 rings (SSSR count). The molecule has 0 saturated carbocycles. The van der Waals surface area contributed by atoms with Gasteiger partial charge in [-0.3, -0.25) is 4.72 Å². The summed E-state index contributed by atoms with van der Waals surface area (Å²) >= 11 is 1.49. The summed E-state index contributed by atoms with van der Waals surface area (Å²) in [4.78, 5) is 1.10. The third-order valence-corrected chi connectivity index (χ3v) is 2.14. The van der Waals surface area contributed by atoms with Crippen LogP contribution in [0.25, 0.3) is 0 Å². The van der Waals surface area contributed by atoms with Crippen LogP contribution < -0.4 is 10.5 Å². The second kappa shape index (κ2) is 5.03. The van der Waals surface area contributed by atoms with Crippen LogP contribution in [0, 0.1) is 0 Å². The van der Waals surface area contributed by atoms with Gasteiger partial charge in [-0.15, -0.1) is 0 Å². The largest absolute Gasteiger partial charge is 0.399 e. The minimum absolute atomic E-state index is 0.155. The molecule has 0 aromatic heterocycles. The van der Waals surface area contributed by atoms with E-state index in [0.717, 1.165) is 10.6 Å². The summed E-state index contributed by atoms with van der Waals surface area (Å²) in [5, 5.41) is 8.49. The minimum atomic E-state index is 0.155. The number of hydrogen-bond acceptors (Lipinski definition) is 4. The van der Waals surface area contributed by atoms with E-state index < -0.39 is 0 Å². The Morgan fingerprint density at radius 2 is 2.00 bits per heavy atom. The van der Waals surface area contributed by atoms with Crippen LogP contribution in [-0.2, 0) is 0 Å². The molecule has 0 heterocycles. The average molecular weight is 184 g/mol. The van der Waals surface area contributed by atoms with Crippen LogP contribution in [0.4, 0.5) is 5.69 Å². The van der Waals surface area contributed by atoms with Crippen molar-refractivity contribution in [2.24, 2.45) is 0 Å². The molecule has 0 atom stereocenters. The molecule has 4 N–H and O–H groups in total. The standard InChI is InChI=1S/C8H12N2OS/c9-7-1-3-8(4-2-7)12-10-5-6-11/h1-4,10-11H,5-6,9H2. The molecule has 0 bridgehead atoms. The maximum absolute atomic E-state index is 8.49. The van der Waals surface area contributed by atoms with Gasteiger partial charge in [0.2, 0.25) is 0 Å². The van der Waals surface area contributed by atoms with E-state index in [1.165, 1.54) is 11.9 Å². The van der Waals surface area contributed by atoms with Crippen LogP contribution in [-0.4, -0.2) is 18.3 Å². The molecular weight excluding hydrogens is 172 g/mol. The molecule has 0 radical (unpaired) electrons. The molecule has 0 unspecified atom stereocenters. The van der Waals surface area contributed by atoms with Crippen molar-refractivity contribution in [1.29, 1.82) is 0 Å². The molecule has 4 heteroatoms. The van der Waals surface area contributed by atoms with Gasteiger partial charge >= 0.3 is 0 Å². The molecule has 0 fully saturated rings. The molecule has 1 aromatic carbocycles. The van der Waals surface area contributed by atoms with Gasteiger partial charge < -0.3 is 10.8 Å². The second-order valence-electron chi connectivity index (χ2n) is 2.29. The van der Waals surface area contributed by atoms with Crippen LogP contribution in [0.2, 0.25) is 0 Å². The van der Waals surface area contributed by atoms with E-state index in [1.54, 1.807) is 0 Å². The summed E-state index contributed by atoms with van der Waals surface area (Å²) in [5.74, 6) is 0. The first-order valence-electron chi connectivity index (χ1n) is 3.69. The monoisotopic (exact) mass is 184 g/mol. The minimum Gasteiger partial charge on any atom is -0.399 e. The topological polar surface area (TPSA) is 58.3 Å². The highest BCUT2D eigenvalue weighted by molar-refractivity contribution is 7.97. The van der Waals surface area contributed by atoms with Crippen molar-refractivity contribution in [2.45, 2.75) is 4.90 Å². The Labute approximate surface area is 76.1 Å². The Balaban J connectivity index is 2.37. The number of hydrogen-bond donors (Lipinski definition) is 3. The highest BCUT2D eigenvalue weighted by Gasteiger charge is 1.91. The quantitative estimate of drug-likeness (QED) is 0.369. The Hall–Kier alpha value is -0.710. The van der Waals surface area contributed by atoms with Gasteiger partial charge in [0.05, 0.1) is 6.61 Å². The normalized spacial score (nSPS) is 10.1. The smallest absolute Gasteiger partial charge is 0.0565 e. The summed E-state index contributed by atoms with van der Waals surface area (Å²) in [7, 11) is 0. The summed E-state index contributed by atoms with van der Waals surface area (Å²) < 4.78 is 3.00. The number of aliphatic hydroxyl groups is 1. The van der Waals surface area contributed by atoms with E-state index in [0.29, 0.717) is 6.54 Å². The fourth-order valence-corrected chi connectivity index (χ4v) is 1.35. The maximum atomic E-state index is 8.49. The number of nitrogens with two attached hydrogens (primary N) is 1. The van der Waals surface area contributed by atoms with Crippen LogP contribution in [0.15, 0.2) is 29.2 Å². The lowest BCUT2D eigenvalue weighted by Gasteiger charge is -2.01. The van der Waals surface area contributed by atoms with E-state index in [1.807, 2.05) is 24.3 Å². The Morgan fingerprint density at radius 3 is 2.58 bits per heavy atom. The zero-order valence-electron chi connectivity index (χ0n) is 6.66. The summed E-state index contributed by atoms with van der Waals surface area (Å²) in [5.41, 5.74) is 6.28. The van der Waals surface area contributed by atoms with E-state index in [4.69, 9.17) is 10.8 Å². The molecule has 0 saturated heterocycles. The predicted octanol–water partition coefficient (Wildman–Crippen LogP) is 0.858. The average Bonchev–Trinajstić information content (AvgIpc) is 2.09. The Kier molecular flexibility index (Phi) is 3.93. The molecule has 3 nitrogen and oxygen atoms in total. The van der Waals surface area contributed by atoms with Crippen molar-refractivity contribution in [3.05, 3.63) is 24.3 Å². The SMILES string of the molecule is Nc1ccc(SNCCO)cc1. The number of aliphatic hydroxyl groups excluding tert-OH is 1. The number of anilines is 1. The number of rotatable bonds is 4. The zero-order chi connectivity index (χ0) is 8.81. The van der Waals surface area contributed by atoms with Crippen molar-refractivity contribution < 1.29 is 5.11 Å². The van der Waals surface area contributed by atoms with Crippen LogP contribution in [0.3, 0.4) is 0 Å². The van der Waals surface area contributed by atoms with E-state index >= 15 is 0 Å². The lowest BCUT2D eigenvalue weighted by atomic mass is 10.3.